The predicted octanol–water partition coefficient (Wildman–Crippen LogP) is -0.129. The van der Waals surface area contributed by atoms with E-state index < -0.39 is 11.9 Å². The van der Waals surface area contributed by atoms with E-state index in [1.54, 1.807) is 17.8 Å². The largest absolute Gasteiger partial charge is 0.459 e. The summed E-state index contributed by atoms with van der Waals surface area (Å²) in [7, 11) is 0. The zero-order valence-corrected chi connectivity index (χ0v) is 9.40. The van der Waals surface area contributed by atoms with Crippen molar-refractivity contribution < 1.29 is 14.3 Å². The fourth-order valence-corrected chi connectivity index (χ4v) is 1.14. The molecule has 0 fully saturated rings. The molecule has 1 rings (SSSR count). The third-order valence-electron chi connectivity index (χ3n) is 1.85. The highest BCUT2D eigenvalue weighted by molar-refractivity contribution is 6.32. The average molecular weight is 225 g/mol. The molecule has 0 bridgehead atoms. The summed E-state index contributed by atoms with van der Waals surface area (Å²) in [5.41, 5.74) is 1.05. The minimum atomic E-state index is -0.848. The van der Waals surface area contributed by atoms with Crippen LogP contribution in [0.3, 0.4) is 0 Å². The topological polar surface area (TPSA) is 73.2 Å². The molecule has 0 unspecified atom stereocenters. The number of hydrogen-bond acceptors (Lipinski definition) is 4. The van der Waals surface area contributed by atoms with Gasteiger partial charge in [-0.15, -0.1) is 0 Å². The minimum Gasteiger partial charge on any atom is -0.459 e. The lowest BCUT2D eigenvalue weighted by molar-refractivity contribution is -0.154. The van der Waals surface area contributed by atoms with Crippen LogP contribution in [-0.4, -0.2) is 34.8 Å². The van der Waals surface area contributed by atoms with Crippen molar-refractivity contribution in [1.82, 2.24) is 15.1 Å². The van der Waals surface area contributed by atoms with Gasteiger partial charge in [0.1, 0.15) is 0 Å². The zero-order chi connectivity index (χ0) is 12.0. The fourth-order valence-electron chi connectivity index (χ4n) is 1.14. The van der Waals surface area contributed by atoms with Crippen LogP contribution in [0.5, 0.6) is 0 Å². The van der Waals surface area contributed by atoms with E-state index in [1.165, 1.54) is 0 Å². The Morgan fingerprint density at radius 2 is 2.31 bits per heavy atom. The molecule has 6 heteroatoms. The van der Waals surface area contributed by atoms with E-state index in [-0.39, 0.29) is 6.61 Å². The number of aromatic nitrogens is 2. The van der Waals surface area contributed by atoms with Crippen LogP contribution in [0.25, 0.3) is 0 Å². The summed E-state index contributed by atoms with van der Waals surface area (Å²) >= 11 is 0. The summed E-state index contributed by atoms with van der Waals surface area (Å²) in [5.74, 6) is -1.56. The maximum atomic E-state index is 11.1. The number of esters is 1. The summed E-state index contributed by atoms with van der Waals surface area (Å²) in [6, 6.07) is 0. The van der Waals surface area contributed by atoms with Crippen LogP contribution in [0.15, 0.2) is 12.4 Å². The molecule has 0 atom stereocenters. The highest BCUT2D eigenvalue weighted by atomic mass is 16.5. The standard InChI is InChI=1S/C10H15N3O3/c1-3-16-10(15)9(14)11-4-5-13-7-8(2)6-12-13/h6-7H,3-5H2,1-2H3,(H,11,14). The molecule has 0 spiro atoms. The molecule has 0 aromatic carbocycles. The summed E-state index contributed by atoms with van der Waals surface area (Å²) in [4.78, 5) is 22.0. The Balaban J connectivity index is 2.25. The van der Waals surface area contributed by atoms with E-state index in [0.29, 0.717) is 13.1 Å². The first-order valence-electron chi connectivity index (χ1n) is 5.07. The molecule has 6 nitrogen and oxygen atoms in total. The molecular weight excluding hydrogens is 210 g/mol. The van der Waals surface area contributed by atoms with Gasteiger partial charge in [0.25, 0.3) is 0 Å². The third-order valence-corrected chi connectivity index (χ3v) is 1.85. The van der Waals surface area contributed by atoms with Crippen LogP contribution in [0.1, 0.15) is 12.5 Å². The van der Waals surface area contributed by atoms with Gasteiger partial charge in [0.05, 0.1) is 19.3 Å². The molecule has 0 saturated heterocycles. The number of rotatable bonds is 4. The van der Waals surface area contributed by atoms with Crippen LogP contribution in [0.4, 0.5) is 0 Å². The molecule has 1 aromatic heterocycles. The van der Waals surface area contributed by atoms with Gasteiger partial charge >= 0.3 is 11.9 Å². The number of nitrogens with zero attached hydrogens (tertiary/aromatic N) is 2. The number of carbonyl (C=O) groups is 2. The van der Waals surface area contributed by atoms with Crippen molar-refractivity contribution in [2.24, 2.45) is 0 Å². The lowest BCUT2D eigenvalue weighted by Crippen LogP contribution is -2.34. The Labute approximate surface area is 93.6 Å². The maximum absolute atomic E-state index is 11.1. The lowest BCUT2D eigenvalue weighted by Gasteiger charge is -2.04. The van der Waals surface area contributed by atoms with Crippen molar-refractivity contribution in [3.8, 4) is 0 Å². The Kier molecular flexibility index (Phi) is 4.50. The van der Waals surface area contributed by atoms with Gasteiger partial charge in [-0.25, -0.2) is 4.79 Å². The van der Waals surface area contributed by atoms with E-state index in [1.807, 2.05) is 13.1 Å². The van der Waals surface area contributed by atoms with E-state index in [9.17, 15) is 9.59 Å². The molecule has 1 N–H and O–H groups in total. The molecule has 0 saturated carbocycles. The van der Waals surface area contributed by atoms with Gasteiger partial charge in [0.15, 0.2) is 0 Å². The average Bonchev–Trinajstić information content (AvgIpc) is 2.64. The van der Waals surface area contributed by atoms with Crippen molar-refractivity contribution in [3.63, 3.8) is 0 Å². The first-order valence-corrected chi connectivity index (χ1v) is 5.07. The van der Waals surface area contributed by atoms with Gasteiger partial charge in [-0.1, -0.05) is 0 Å². The number of ether oxygens (including phenoxy) is 1. The first kappa shape index (κ1) is 12.2. The second-order valence-corrected chi connectivity index (χ2v) is 3.26. The lowest BCUT2D eigenvalue weighted by atomic mass is 10.4. The number of hydrogen-bond donors (Lipinski definition) is 1. The van der Waals surface area contributed by atoms with Crippen LogP contribution in [-0.2, 0) is 20.9 Å². The fraction of sp³-hybridized carbons (Fsp3) is 0.500. The van der Waals surface area contributed by atoms with Gasteiger partial charge in [-0.3, -0.25) is 9.48 Å². The third kappa shape index (κ3) is 3.72. The van der Waals surface area contributed by atoms with Gasteiger partial charge < -0.3 is 10.1 Å². The molecule has 16 heavy (non-hydrogen) atoms. The monoisotopic (exact) mass is 225 g/mol. The SMILES string of the molecule is CCOC(=O)C(=O)NCCn1cc(C)cn1. The van der Waals surface area contributed by atoms with Gasteiger partial charge in [-0.2, -0.15) is 5.10 Å². The second-order valence-electron chi connectivity index (χ2n) is 3.26. The van der Waals surface area contributed by atoms with Crippen LogP contribution in [0, 0.1) is 6.92 Å². The van der Waals surface area contributed by atoms with E-state index in [0.717, 1.165) is 5.56 Å². The van der Waals surface area contributed by atoms with Crippen LogP contribution >= 0.6 is 0 Å². The molecule has 0 aliphatic carbocycles. The molecule has 0 aliphatic rings. The first-order chi connectivity index (χ1) is 7.63. The molecule has 0 aliphatic heterocycles. The zero-order valence-electron chi connectivity index (χ0n) is 9.40. The van der Waals surface area contributed by atoms with E-state index >= 15 is 0 Å². The number of nitrogens with one attached hydrogen (secondary N) is 1. The molecule has 1 heterocycles. The quantitative estimate of drug-likeness (QED) is 0.572. The summed E-state index contributed by atoms with van der Waals surface area (Å²) in [5, 5.41) is 6.49. The Hall–Kier alpha value is -1.85. The van der Waals surface area contributed by atoms with Crippen LogP contribution in [0.2, 0.25) is 0 Å². The van der Waals surface area contributed by atoms with Crippen molar-refractivity contribution in [2.75, 3.05) is 13.2 Å². The Bertz CT molecular complexity index is 373. The molecule has 88 valence electrons. The van der Waals surface area contributed by atoms with Crippen molar-refractivity contribution in [1.29, 1.82) is 0 Å². The predicted molar refractivity (Wildman–Crippen MR) is 56.6 cm³/mol. The number of amides is 1. The Morgan fingerprint density at radius 3 is 2.88 bits per heavy atom. The van der Waals surface area contributed by atoms with Gasteiger partial charge in [0.2, 0.25) is 0 Å². The smallest absolute Gasteiger partial charge is 0.396 e. The molecule has 1 amide bonds. The highest BCUT2D eigenvalue weighted by Gasteiger charge is 2.13. The van der Waals surface area contributed by atoms with Gasteiger partial charge in [-0.05, 0) is 19.4 Å². The van der Waals surface area contributed by atoms with E-state index in [4.69, 9.17) is 0 Å². The van der Waals surface area contributed by atoms with Crippen molar-refractivity contribution in [2.45, 2.75) is 20.4 Å². The number of aryl methyl sites for hydroxylation is 1. The number of carbonyl (C=O) groups excluding carboxylic acids is 2. The Morgan fingerprint density at radius 1 is 1.56 bits per heavy atom. The van der Waals surface area contributed by atoms with Crippen molar-refractivity contribution in [3.05, 3.63) is 18.0 Å². The molecular formula is C10H15N3O3. The second kappa shape index (κ2) is 5.89. The maximum Gasteiger partial charge on any atom is 0.396 e. The minimum absolute atomic E-state index is 0.199. The van der Waals surface area contributed by atoms with E-state index in [2.05, 4.69) is 15.2 Å². The summed E-state index contributed by atoms with van der Waals surface area (Å²) in [6.45, 7) is 4.65. The summed E-state index contributed by atoms with van der Waals surface area (Å²) < 4.78 is 6.23. The molecule has 1 aromatic rings. The highest BCUT2D eigenvalue weighted by Crippen LogP contribution is 1.92. The summed E-state index contributed by atoms with van der Waals surface area (Å²) in [6.07, 6.45) is 3.59. The normalized spacial score (nSPS) is 9.88. The van der Waals surface area contributed by atoms with Gasteiger partial charge in [0, 0.05) is 12.7 Å². The van der Waals surface area contributed by atoms with Crippen molar-refractivity contribution >= 4 is 11.9 Å². The van der Waals surface area contributed by atoms with Crippen LogP contribution < -0.4 is 5.32 Å². The molecule has 0 radical (unpaired) electrons.